The lowest BCUT2D eigenvalue weighted by Crippen LogP contribution is -2.18. The Hall–Kier alpha value is -0.820. The SMILES string of the molecule is CCN1Cc2ccccc2[C@@H]1C. The van der Waals surface area contributed by atoms with Crippen molar-refractivity contribution in [2.24, 2.45) is 0 Å². The topological polar surface area (TPSA) is 3.24 Å². The van der Waals surface area contributed by atoms with Gasteiger partial charge in [0.15, 0.2) is 0 Å². The Morgan fingerprint density at radius 2 is 2.17 bits per heavy atom. The van der Waals surface area contributed by atoms with Crippen molar-refractivity contribution in [2.45, 2.75) is 26.4 Å². The highest BCUT2D eigenvalue weighted by atomic mass is 15.2. The first-order chi connectivity index (χ1) is 5.83. The fraction of sp³-hybridized carbons (Fsp3) is 0.455. The van der Waals surface area contributed by atoms with E-state index in [0.29, 0.717) is 6.04 Å². The van der Waals surface area contributed by atoms with Crippen molar-refractivity contribution in [3.05, 3.63) is 35.4 Å². The molecule has 1 atom stereocenters. The molecule has 2 rings (SSSR count). The van der Waals surface area contributed by atoms with Crippen LogP contribution in [-0.4, -0.2) is 11.4 Å². The molecule has 1 aromatic carbocycles. The summed E-state index contributed by atoms with van der Waals surface area (Å²) in [5, 5.41) is 0. The average molecular weight is 161 g/mol. The normalized spacial score (nSPS) is 22.7. The lowest BCUT2D eigenvalue weighted by Gasteiger charge is -2.18. The predicted molar refractivity (Wildman–Crippen MR) is 50.9 cm³/mol. The second kappa shape index (κ2) is 2.91. The molecule has 1 heterocycles. The molecule has 1 aliphatic rings. The van der Waals surface area contributed by atoms with Gasteiger partial charge in [-0.25, -0.2) is 0 Å². The molecule has 0 unspecified atom stereocenters. The van der Waals surface area contributed by atoms with Crippen LogP contribution in [0.5, 0.6) is 0 Å². The van der Waals surface area contributed by atoms with Gasteiger partial charge in [-0.3, -0.25) is 4.90 Å². The number of hydrogen-bond acceptors (Lipinski definition) is 1. The van der Waals surface area contributed by atoms with E-state index in [2.05, 4.69) is 43.0 Å². The van der Waals surface area contributed by atoms with Crippen molar-refractivity contribution in [1.82, 2.24) is 4.90 Å². The fourth-order valence-electron chi connectivity index (χ4n) is 2.02. The molecule has 1 aliphatic heterocycles. The summed E-state index contributed by atoms with van der Waals surface area (Å²) in [6.45, 7) is 6.79. The summed E-state index contributed by atoms with van der Waals surface area (Å²) >= 11 is 0. The van der Waals surface area contributed by atoms with E-state index < -0.39 is 0 Å². The second-order valence-corrected chi connectivity index (χ2v) is 3.44. The van der Waals surface area contributed by atoms with E-state index in [-0.39, 0.29) is 0 Å². The van der Waals surface area contributed by atoms with E-state index in [1.165, 1.54) is 11.1 Å². The highest BCUT2D eigenvalue weighted by molar-refractivity contribution is 5.33. The van der Waals surface area contributed by atoms with Gasteiger partial charge >= 0.3 is 0 Å². The molecule has 0 amide bonds. The molecule has 0 spiro atoms. The van der Waals surface area contributed by atoms with E-state index in [1.807, 2.05) is 0 Å². The van der Waals surface area contributed by atoms with Crippen molar-refractivity contribution in [2.75, 3.05) is 6.54 Å². The van der Waals surface area contributed by atoms with Crippen LogP contribution in [-0.2, 0) is 6.54 Å². The maximum absolute atomic E-state index is 2.49. The average Bonchev–Trinajstić information content (AvgIpc) is 2.44. The van der Waals surface area contributed by atoms with Gasteiger partial charge in [-0.05, 0) is 24.6 Å². The van der Waals surface area contributed by atoms with Gasteiger partial charge in [0, 0.05) is 12.6 Å². The Morgan fingerprint density at radius 3 is 2.83 bits per heavy atom. The second-order valence-electron chi connectivity index (χ2n) is 3.44. The molecule has 1 aromatic rings. The molecule has 0 bridgehead atoms. The highest BCUT2D eigenvalue weighted by Crippen LogP contribution is 2.32. The summed E-state index contributed by atoms with van der Waals surface area (Å²) in [4.78, 5) is 2.49. The molecule has 0 saturated heterocycles. The van der Waals surface area contributed by atoms with Gasteiger partial charge in [0.05, 0.1) is 0 Å². The van der Waals surface area contributed by atoms with Crippen molar-refractivity contribution in [3.8, 4) is 0 Å². The zero-order valence-electron chi connectivity index (χ0n) is 7.75. The van der Waals surface area contributed by atoms with E-state index in [0.717, 1.165) is 13.1 Å². The number of hydrogen-bond donors (Lipinski definition) is 0. The Bertz CT molecular complexity index is 280. The summed E-state index contributed by atoms with van der Waals surface area (Å²) in [7, 11) is 0. The van der Waals surface area contributed by atoms with Crippen LogP contribution < -0.4 is 0 Å². The minimum absolute atomic E-state index is 0.617. The third kappa shape index (κ3) is 1.05. The van der Waals surface area contributed by atoms with Crippen molar-refractivity contribution in [1.29, 1.82) is 0 Å². The van der Waals surface area contributed by atoms with Crippen LogP contribution in [0.3, 0.4) is 0 Å². The van der Waals surface area contributed by atoms with E-state index in [1.54, 1.807) is 0 Å². The van der Waals surface area contributed by atoms with Gasteiger partial charge in [-0.1, -0.05) is 31.2 Å². The molecule has 1 nitrogen and oxygen atoms in total. The first kappa shape index (κ1) is 7.81. The highest BCUT2D eigenvalue weighted by Gasteiger charge is 2.23. The van der Waals surface area contributed by atoms with Crippen LogP contribution >= 0.6 is 0 Å². The molecular formula is C11H15N. The lowest BCUT2D eigenvalue weighted by atomic mass is 10.1. The maximum atomic E-state index is 2.49. The standard InChI is InChI=1S/C11H15N/c1-3-12-8-10-6-4-5-7-11(10)9(12)2/h4-7,9H,3,8H2,1-2H3/t9-/m0/s1. The first-order valence-electron chi connectivity index (χ1n) is 4.64. The van der Waals surface area contributed by atoms with Gasteiger partial charge in [0.2, 0.25) is 0 Å². The van der Waals surface area contributed by atoms with Crippen molar-refractivity contribution < 1.29 is 0 Å². The smallest absolute Gasteiger partial charge is 0.0326 e. The van der Waals surface area contributed by atoms with Gasteiger partial charge in [-0.15, -0.1) is 0 Å². The Labute approximate surface area is 74.0 Å². The third-order valence-electron chi connectivity index (χ3n) is 2.83. The van der Waals surface area contributed by atoms with Crippen LogP contribution in [0, 0.1) is 0 Å². The zero-order valence-corrected chi connectivity index (χ0v) is 7.75. The molecule has 0 aliphatic carbocycles. The fourth-order valence-corrected chi connectivity index (χ4v) is 2.02. The van der Waals surface area contributed by atoms with Gasteiger partial charge in [0.1, 0.15) is 0 Å². The lowest BCUT2D eigenvalue weighted by molar-refractivity contribution is 0.242. The van der Waals surface area contributed by atoms with E-state index in [4.69, 9.17) is 0 Å². The van der Waals surface area contributed by atoms with Crippen LogP contribution in [0.1, 0.15) is 31.0 Å². The maximum Gasteiger partial charge on any atom is 0.0326 e. The van der Waals surface area contributed by atoms with Gasteiger partial charge < -0.3 is 0 Å². The number of rotatable bonds is 1. The van der Waals surface area contributed by atoms with Crippen LogP contribution in [0.25, 0.3) is 0 Å². The molecule has 12 heavy (non-hydrogen) atoms. The van der Waals surface area contributed by atoms with Crippen LogP contribution in [0.2, 0.25) is 0 Å². The van der Waals surface area contributed by atoms with Crippen molar-refractivity contribution in [3.63, 3.8) is 0 Å². The molecular weight excluding hydrogens is 146 g/mol. The van der Waals surface area contributed by atoms with E-state index >= 15 is 0 Å². The predicted octanol–water partition coefficient (Wildman–Crippen LogP) is 2.58. The monoisotopic (exact) mass is 161 g/mol. The third-order valence-corrected chi connectivity index (χ3v) is 2.83. The molecule has 0 aromatic heterocycles. The Balaban J connectivity index is 2.35. The van der Waals surface area contributed by atoms with Gasteiger partial charge in [0.25, 0.3) is 0 Å². The van der Waals surface area contributed by atoms with Crippen molar-refractivity contribution >= 4 is 0 Å². The largest absolute Gasteiger partial charge is 0.293 e. The number of fused-ring (bicyclic) bond motifs is 1. The summed E-state index contributed by atoms with van der Waals surface area (Å²) in [6, 6.07) is 9.36. The quantitative estimate of drug-likeness (QED) is 0.612. The van der Waals surface area contributed by atoms with Crippen LogP contribution in [0.4, 0.5) is 0 Å². The van der Waals surface area contributed by atoms with Crippen LogP contribution in [0.15, 0.2) is 24.3 Å². The Morgan fingerprint density at radius 1 is 1.42 bits per heavy atom. The van der Waals surface area contributed by atoms with E-state index in [9.17, 15) is 0 Å². The molecule has 1 heteroatoms. The summed E-state index contributed by atoms with van der Waals surface area (Å²) in [5.74, 6) is 0. The summed E-state index contributed by atoms with van der Waals surface area (Å²) in [6.07, 6.45) is 0. The first-order valence-corrected chi connectivity index (χ1v) is 4.64. The molecule has 0 radical (unpaired) electrons. The van der Waals surface area contributed by atoms with Gasteiger partial charge in [-0.2, -0.15) is 0 Å². The molecule has 64 valence electrons. The number of benzene rings is 1. The molecule has 0 saturated carbocycles. The summed E-state index contributed by atoms with van der Waals surface area (Å²) in [5.41, 5.74) is 3.02. The Kier molecular flexibility index (Phi) is 1.89. The summed E-state index contributed by atoms with van der Waals surface area (Å²) < 4.78 is 0. The minimum atomic E-state index is 0.617. The number of nitrogens with zero attached hydrogens (tertiary/aromatic N) is 1. The molecule has 0 fully saturated rings. The zero-order chi connectivity index (χ0) is 8.55. The minimum Gasteiger partial charge on any atom is -0.293 e. The molecule has 0 N–H and O–H groups in total.